The Morgan fingerprint density at radius 2 is 2.05 bits per heavy atom. The van der Waals surface area contributed by atoms with Crippen LogP contribution in [-0.2, 0) is 21.4 Å². The Bertz CT molecular complexity index is 537. The number of rotatable bonds is 3. The lowest BCUT2D eigenvalue weighted by atomic mass is 9.84. The lowest BCUT2D eigenvalue weighted by Crippen LogP contribution is -2.38. The molecule has 4 N–H and O–H groups in total. The second-order valence-corrected chi connectivity index (χ2v) is 5.44. The van der Waals surface area contributed by atoms with Gasteiger partial charge in [-0.05, 0) is 17.2 Å². The number of fused-ring (bicyclic) bond motifs is 1. The van der Waals surface area contributed by atoms with Crippen LogP contribution in [0, 0.1) is 0 Å². The van der Waals surface area contributed by atoms with Gasteiger partial charge in [-0.1, -0.05) is 26.0 Å². The summed E-state index contributed by atoms with van der Waals surface area (Å²) in [6.07, 6.45) is 0.246. The molecule has 1 aliphatic rings. The highest BCUT2D eigenvalue weighted by atomic mass is 16.2. The smallest absolute Gasteiger partial charge is 0.247 e. The average Bonchev–Trinajstić information content (AvgIpc) is 2.72. The van der Waals surface area contributed by atoms with Crippen molar-refractivity contribution < 1.29 is 9.59 Å². The SMILES string of the molecule is CC(C)(CN)c1ccc2c(c1)CC(=O)N2C(=O)CN. The van der Waals surface area contributed by atoms with Crippen LogP contribution in [0.5, 0.6) is 0 Å². The van der Waals surface area contributed by atoms with Gasteiger partial charge in [0.25, 0.3) is 0 Å². The Morgan fingerprint density at radius 1 is 1.37 bits per heavy atom. The maximum Gasteiger partial charge on any atom is 0.247 e. The molecule has 0 atom stereocenters. The fourth-order valence-corrected chi connectivity index (χ4v) is 2.23. The molecule has 0 aromatic heterocycles. The lowest BCUT2D eigenvalue weighted by Gasteiger charge is -2.24. The van der Waals surface area contributed by atoms with E-state index >= 15 is 0 Å². The molecule has 2 amide bonds. The van der Waals surface area contributed by atoms with Gasteiger partial charge in [0.1, 0.15) is 0 Å². The second-order valence-electron chi connectivity index (χ2n) is 5.44. The highest BCUT2D eigenvalue weighted by Gasteiger charge is 2.32. The molecule has 1 aromatic rings. The summed E-state index contributed by atoms with van der Waals surface area (Å²) in [6, 6.07) is 5.69. The van der Waals surface area contributed by atoms with E-state index in [2.05, 4.69) is 0 Å². The van der Waals surface area contributed by atoms with Gasteiger partial charge in [0.05, 0.1) is 18.7 Å². The molecule has 19 heavy (non-hydrogen) atoms. The van der Waals surface area contributed by atoms with Crippen LogP contribution in [-0.4, -0.2) is 24.9 Å². The molecule has 2 rings (SSSR count). The van der Waals surface area contributed by atoms with Crippen molar-refractivity contribution in [2.45, 2.75) is 25.7 Å². The Balaban J connectivity index is 2.43. The number of nitrogens with zero attached hydrogens (tertiary/aromatic N) is 1. The zero-order chi connectivity index (χ0) is 14.2. The number of nitrogens with two attached hydrogens (primary N) is 2. The first-order chi connectivity index (χ1) is 8.90. The van der Waals surface area contributed by atoms with Crippen LogP contribution >= 0.6 is 0 Å². The van der Waals surface area contributed by atoms with Crippen molar-refractivity contribution in [3.8, 4) is 0 Å². The van der Waals surface area contributed by atoms with Gasteiger partial charge in [-0.2, -0.15) is 0 Å². The molecule has 1 aromatic carbocycles. The minimum atomic E-state index is -0.366. The van der Waals surface area contributed by atoms with Crippen molar-refractivity contribution in [2.75, 3.05) is 18.0 Å². The fourth-order valence-electron chi connectivity index (χ4n) is 2.23. The second kappa shape index (κ2) is 4.75. The molecule has 5 heteroatoms. The van der Waals surface area contributed by atoms with Gasteiger partial charge in [-0.15, -0.1) is 0 Å². The fraction of sp³-hybridized carbons (Fsp3) is 0.429. The normalized spacial score (nSPS) is 14.7. The third kappa shape index (κ3) is 2.27. The predicted molar refractivity (Wildman–Crippen MR) is 73.8 cm³/mol. The minimum absolute atomic E-state index is 0.149. The summed E-state index contributed by atoms with van der Waals surface area (Å²) in [7, 11) is 0. The zero-order valence-electron chi connectivity index (χ0n) is 11.3. The Hall–Kier alpha value is -1.72. The molecule has 0 radical (unpaired) electrons. The van der Waals surface area contributed by atoms with Crippen LogP contribution < -0.4 is 16.4 Å². The first-order valence-corrected chi connectivity index (χ1v) is 6.30. The minimum Gasteiger partial charge on any atom is -0.330 e. The van der Waals surface area contributed by atoms with Gasteiger partial charge in [0.15, 0.2) is 0 Å². The average molecular weight is 261 g/mol. The molecule has 0 spiro atoms. The zero-order valence-corrected chi connectivity index (χ0v) is 11.3. The van der Waals surface area contributed by atoms with Crippen LogP contribution in [0.4, 0.5) is 5.69 Å². The molecule has 102 valence electrons. The van der Waals surface area contributed by atoms with Gasteiger partial charge in [0, 0.05) is 12.0 Å². The number of anilines is 1. The summed E-state index contributed by atoms with van der Waals surface area (Å²) in [6.45, 7) is 4.45. The van der Waals surface area contributed by atoms with E-state index in [4.69, 9.17) is 11.5 Å². The lowest BCUT2D eigenvalue weighted by molar-refractivity contribution is -0.124. The molecule has 0 saturated heterocycles. The van der Waals surface area contributed by atoms with Crippen LogP contribution in [0.25, 0.3) is 0 Å². The van der Waals surface area contributed by atoms with E-state index in [9.17, 15) is 9.59 Å². The summed E-state index contributed by atoms with van der Waals surface area (Å²) >= 11 is 0. The third-order valence-corrected chi connectivity index (χ3v) is 3.63. The number of carbonyl (C=O) groups excluding carboxylic acids is 2. The van der Waals surface area contributed by atoms with E-state index in [1.54, 1.807) is 6.07 Å². The summed E-state index contributed by atoms with van der Waals surface area (Å²) < 4.78 is 0. The van der Waals surface area contributed by atoms with E-state index in [0.717, 1.165) is 11.1 Å². The maximum absolute atomic E-state index is 11.9. The van der Waals surface area contributed by atoms with Gasteiger partial charge in [-0.25, -0.2) is 4.90 Å². The molecular formula is C14H19N3O2. The van der Waals surface area contributed by atoms with Crippen LogP contribution in [0.15, 0.2) is 18.2 Å². The largest absolute Gasteiger partial charge is 0.330 e. The number of benzene rings is 1. The summed E-state index contributed by atoms with van der Waals surface area (Å²) in [4.78, 5) is 24.7. The molecule has 0 bridgehead atoms. The number of carbonyl (C=O) groups is 2. The van der Waals surface area contributed by atoms with Crippen molar-refractivity contribution in [2.24, 2.45) is 11.5 Å². The van der Waals surface area contributed by atoms with E-state index in [1.165, 1.54) is 4.90 Å². The molecule has 1 aliphatic heterocycles. The molecule has 0 unspecified atom stereocenters. The van der Waals surface area contributed by atoms with Crippen molar-refractivity contribution in [3.63, 3.8) is 0 Å². The molecule has 0 fully saturated rings. The van der Waals surface area contributed by atoms with Gasteiger partial charge >= 0.3 is 0 Å². The summed E-state index contributed by atoms with van der Waals surface area (Å²) in [5.41, 5.74) is 13.5. The quantitative estimate of drug-likeness (QED) is 0.818. The van der Waals surface area contributed by atoms with E-state index in [1.807, 2.05) is 26.0 Å². The molecule has 5 nitrogen and oxygen atoms in total. The van der Waals surface area contributed by atoms with Crippen molar-refractivity contribution in [1.82, 2.24) is 0 Å². The van der Waals surface area contributed by atoms with Gasteiger partial charge in [0.2, 0.25) is 11.8 Å². The van der Waals surface area contributed by atoms with E-state index < -0.39 is 0 Å². The maximum atomic E-state index is 11.9. The Labute approximate surface area is 112 Å². The van der Waals surface area contributed by atoms with Crippen LogP contribution in [0.3, 0.4) is 0 Å². The monoisotopic (exact) mass is 261 g/mol. The molecule has 0 aliphatic carbocycles. The van der Waals surface area contributed by atoms with Crippen LogP contribution in [0.2, 0.25) is 0 Å². The van der Waals surface area contributed by atoms with E-state index in [0.29, 0.717) is 12.2 Å². The third-order valence-electron chi connectivity index (χ3n) is 3.63. The highest BCUT2D eigenvalue weighted by molar-refractivity contribution is 6.19. The topological polar surface area (TPSA) is 89.4 Å². The van der Waals surface area contributed by atoms with Gasteiger partial charge < -0.3 is 11.5 Å². The number of amides is 2. The Kier molecular flexibility index (Phi) is 3.43. The predicted octanol–water partition coefficient (Wildman–Crippen LogP) is 0.297. The van der Waals surface area contributed by atoms with Crippen LogP contribution in [0.1, 0.15) is 25.0 Å². The van der Waals surface area contributed by atoms with E-state index in [-0.39, 0.29) is 30.2 Å². The molecule has 1 heterocycles. The van der Waals surface area contributed by atoms with Gasteiger partial charge in [-0.3, -0.25) is 9.59 Å². The first kappa shape index (κ1) is 13.7. The number of hydrogen-bond donors (Lipinski definition) is 2. The van der Waals surface area contributed by atoms with Crippen molar-refractivity contribution in [1.29, 1.82) is 0 Å². The summed E-state index contributed by atoms with van der Waals surface area (Å²) in [5, 5.41) is 0. The molecular weight excluding hydrogens is 242 g/mol. The van der Waals surface area contributed by atoms with Crippen molar-refractivity contribution >= 4 is 17.5 Å². The number of hydrogen-bond acceptors (Lipinski definition) is 4. The van der Waals surface area contributed by atoms with Crippen molar-refractivity contribution in [3.05, 3.63) is 29.3 Å². The first-order valence-electron chi connectivity index (χ1n) is 6.30. The highest BCUT2D eigenvalue weighted by Crippen LogP contribution is 2.33. The summed E-state index contributed by atoms with van der Waals surface area (Å²) in [5.74, 6) is -0.581. The standard InChI is InChI=1S/C14H19N3O2/c1-14(2,8-16)10-3-4-11-9(5-10)6-12(18)17(11)13(19)7-15/h3-5H,6-8,15-16H2,1-2H3. The molecule has 0 saturated carbocycles. The number of imide groups is 1. The Morgan fingerprint density at radius 3 is 2.63 bits per heavy atom.